The van der Waals surface area contributed by atoms with Gasteiger partial charge in [-0.1, -0.05) is 23.4 Å². The van der Waals surface area contributed by atoms with Crippen molar-refractivity contribution < 1.29 is 9.32 Å². The Hall–Kier alpha value is -2.34. The van der Waals surface area contributed by atoms with Crippen molar-refractivity contribution in [3.63, 3.8) is 0 Å². The van der Waals surface area contributed by atoms with Crippen molar-refractivity contribution in [1.29, 1.82) is 0 Å². The molecule has 2 aromatic heterocycles. The Bertz CT molecular complexity index is 804. The van der Waals surface area contributed by atoms with Crippen molar-refractivity contribution in [3.05, 3.63) is 42.0 Å². The molecule has 6 heteroatoms. The highest BCUT2D eigenvalue weighted by Crippen LogP contribution is 2.35. The molecular weight excluding hydrogens is 310 g/mol. The monoisotopic (exact) mass is 327 g/mol. The zero-order chi connectivity index (χ0) is 15.6. The number of hydrogen-bond acceptors (Lipinski definition) is 5. The maximum Gasteiger partial charge on any atom is 0.228 e. The van der Waals surface area contributed by atoms with E-state index in [2.05, 4.69) is 45.0 Å². The fraction of sp³-hybridized carbons (Fsp3) is 0.294. The predicted molar refractivity (Wildman–Crippen MR) is 91.9 cm³/mol. The van der Waals surface area contributed by atoms with Crippen molar-refractivity contribution in [2.45, 2.75) is 12.8 Å². The van der Waals surface area contributed by atoms with Gasteiger partial charge in [0.2, 0.25) is 5.91 Å². The summed E-state index contributed by atoms with van der Waals surface area (Å²) in [6.07, 6.45) is 3.17. The lowest BCUT2D eigenvalue weighted by Crippen LogP contribution is -2.38. The molecule has 0 aliphatic carbocycles. The molecule has 3 heterocycles. The summed E-state index contributed by atoms with van der Waals surface area (Å²) >= 11 is 1.78. The number of carbonyl (C=O) groups excluding carboxylic acids is 1. The van der Waals surface area contributed by atoms with Gasteiger partial charge in [-0.3, -0.25) is 4.79 Å². The second-order valence-corrected chi connectivity index (χ2v) is 6.66. The highest BCUT2D eigenvalue weighted by Gasteiger charge is 2.26. The summed E-state index contributed by atoms with van der Waals surface area (Å²) in [5, 5.41) is 10.1. The van der Waals surface area contributed by atoms with E-state index in [-0.39, 0.29) is 11.8 Å². The van der Waals surface area contributed by atoms with Crippen LogP contribution in [-0.4, -0.2) is 24.2 Å². The van der Waals surface area contributed by atoms with Crippen LogP contribution in [0.4, 0.5) is 11.5 Å². The zero-order valence-electron chi connectivity index (χ0n) is 12.6. The molecule has 1 aliphatic rings. The number of aromatic nitrogens is 1. The van der Waals surface area contributed by atoms with E-state index in [0.717, 1.165) is 25.9 Å². The first kappa shape index (κ1) is 14.3. The quantitative estimate of drug-likeness (QED) is 0.796. The van der Waals surface area contributed by atoms with Crippen molar-refractivity contribution >= 4 is 38.8 Å². The fourth-order valence-corrected chi connectivity index (χ4v) is 4.07. The Labute approximate surface area is 137 Å². The summed E-state index contributed by atoms with van der Waals surface area (Å²) in [6, 6.07) is 10.1. The van der Waals surface area contributed by atoms with Gasteiger partial charge in [0.1, 0.15) is 6.26 Å². The van der Waals surface area contributed by atoms with Gasteiger partial charge in [-0.05, 0) is 18.9 Å². The molecule has 0 spiro atoms. The molecule has 23 heavy (non-hydrogen) atoms. The standard InChI is InChI=1S/C17H17N3O2S/c21-17(18-16-7-10-22-19-16)12-5-8-20(9-6-12)14-11-23-15-4-2-1-3-13(14)15/h1-4,7,10-12H,5-6,8-9H2,(H,18,19,21). The Kier molecular flexibility index (Phi) is 3.75. The van der Waals surface area contributed by atoms with E-state index >= 15 is 0 Å². The number of benzene rings is 1. The second kappa shape index (κ2) is 6.04. The first-order valence-corrected chi connectivity index (χ1v) is 8.61. The van der Waals surface area contributed by atoms with Crippen LogP contribution in [0.1, 0.15) is 12.8 Å². The van der Waals surface area contributed by atoms with E-state index in [1.807, 2.05) is 0 Å². The third kappa shape index (κ3) is 2.82. The molecule has 1 aliphatic heterocycles. The molecular formula is C17H17N3O2S. The van der Waals surface area contributed by atoms with E-state index in [0.29, 0.717) is 5.82 Å². The average Bonchev–Trinajstić information content (AvgIpc) is 3.24. The maximum atomic E-state index is 12.3. The highest BCUT2D eigenvalue weighted by molar-refractivity contribution is 7.17. The largest absolute Gasteiger partial charge is 0.370 e. The summed E-state index contributed by atoms with van der Waals surface area (Å²) in [6.45, 7) is 1.80. The number of nitrogens with zero attached hydrogens (tertiary/aromatic N) is 2. The van der Waals surface area contributed by atoms with Gasteiger partial charge in [-0.25, -0.2) is 0 Å². The van der Waals surface area contributed by atoms with Gasteiger partial charge in [0, 0.05) is 40.5 Å². The minimum absolute atomic E-state index is 0.0350. The van der Waals surface area contributed by atoms with Gasteiger partial charge in [-0.2, -0.15) is 0 Å². The summed E-state index contributed by atoms with van der Waals surface area (Å²) in [7, 11) is 0. The number of carbonyl (C=O) groups is 1. The van der Waals surface area contributed by atoms with Gasteiger partial charge < -0.3 is 14.7 Å². The molecule has 1 N–H and O–H groups in total. The van der Waals surface area contributed by atoms with Crippen molar-refractivity contribution in [2.24, 2.45) is 5.92 Å². The first-order chi connectivity index (χ1) is 11.3. The lowest BCUT2D eigenvalue weighted by molar-refractivity contribution is -0.120. The van der Waals surface area contributed by atoms with Crippen molar-refractivity contribution in [3.8, 4) is 0 Å². The van der Waals surface area contributed by atoms with Gasteiger partial charge in [0.25, 0.3) is 0 Å². The van der Waals surface area contributed by atoms with Gasteiger partial charge in [0.15, 0.2) is 5.82 Å². The minimum Gasteiger partial charge on any atom is -0.370 e. The van der Waals surface area contributed by atoms with Crippen LogP contribution in [0.5, 0.6) is 0 Å². The molecule has 118 valence electrons. The number of amides is 1. The third-order valence-electron chi connectivity index (χ3n) is 4.36. The summed E-state index contributed by atoms with van der Waals surface area (Å²) in [4.78, 5) is 14.6. The fourth-order valence-electron chi connectivity index (χ4n) is 3.10. The van der Waals surface area contributed by atoms with Crippen LogP contribution < -0.4 is 10.2 Å². The number of anilines is 2. The van der Waals surface area contributed by atoms with E-state index in [1.165, 1.54) is 22.0 Å². The van der Waals surface area contributed by atoms with Crippen molar-refractivity contribution in [1.82, 2.24) is 5.16 Å². The Morgan fingerprint density at radius 3 is 2.87 bits per heavy atom. The van der Waals surface area contributed by atoms with E-state index in [9.17, 15) is 4.79 Å². The molecule has 0 radical (unpaired) electrons. The van der Waals surface area contributed by atoms with Crippen LogP contribution in [0.3, 0.4) is 0 Å². The van der Waals surface area contributed by atoms with Gasteiger partial charge in [-0.15, -0.1) is 11.3 Å². The lowest BCUT2D eigenvalue weighted by Gasteiger charge is -2.32. The highest BCUT2D eigenvalue weighted by atomic mass is 32.1. The van der Waals surface area contributed by atoms with E-state index < -0.39 is 0 Å². The number of nitrogens with one attached hydrogen (secondary N) is 1. The number of rotatable bonds is 3. The summed E-state index contributed by atoms with van der Waals surface area (Å²) < 4.78 is 6.05. The van der Waals surface area contributed by atoms with Crippen LogP contribution in [0.25, 0.3) is 10.1 Å². The minimum atomic E-state index is 0.0350. The Morgan fingerprint density at radius 1 is 1.26 bits per heavy atom. The maximum absolute atomic E-state index is 12.3. The summed E-state index contributed by atoms with van der Waals surface area (Å²) in [5.41, 5.74) is 1.29. The second-order valence-electron chi connectivity index (χ2n) is 5.75. The van der Waals surface area contributed by atoms with Gasteiger partial charge >= 0.3 is 0 Å². The summed E-state index contributed by atoms with van der Waals surface area (Å²) in [5.74, 6) is 0.558. The number of thiophene rings is 1. The van der Waals surface area contributed by atoms with Crippen LogP contribution in [0.15, 0.2) is 46.5 Å². The van der Waals surface area contributed by atoms with Crippen molar-refractivity contribution in [2.75, 3.05) is 23.3 Å². The topological polar surface area (TPSA) is 58.4 Å². The molecule has 1 saturated heterocycles. The van der Waals surface area contributed by atoms with Crippen LogP contribution in [-0.2, 0) is 4.79 Å². The smallest absolute Gasteiger partial charge is 0.228 e. The Balaban J connectivity index is 1.42. The van der Waals surface area contributed by atoms with Crippen LogP contribution >= 0.6 is 11.3 Å². The number of hydrogen-bond donors (Lipinski definition) is 1. The molecule has 0 unspecified atom stereocenters. The third-order valence-corrected chi connectivity index (χ3v) is 5.31. The molecule has 0 saturated carbocycles. The van der Waals surface area contributed by atoms with Crippen LogP contribution in [0.2, 0.25) is 0 Å². The molecule has 1 aromatic carbocycles. The Morgan fingerprint density at radius 2 is 2.09 bits per heavy atom. The zero-order valence-corrected chi connectivity index (χ0v) is 13.4. The molecule has 0 bridgehead atoms. The lowest BCUT2D eigenvalue weighted by atomic mass is 9.95. The number of fused-ring (bicyclic) bond motifs is 1. The normalized spacial score (nSPS) is 15.9. The van der Waals surface area contributed by atoms with E-state index in [1.54, 1.807) is 17.4 Å². The molecule has 5 nitrogen and oxygen atoms in total. The molecule has 3 aromatic rings. The number of piperidine rings is 1. The molecule has 4 rings (SSSR count). The molecule has 1 amide bonds. The average molecular weight is 327 g/mol. The SMILES string of the molecule is O=C(Nc1ccon1)C1CCN(c2csc3ccccc23)CC1. The molecule has 0 atom stereocenters. The first-order valence-electron chi connectivity index (χ1n) is 7.74. The van der Waals surface area contributed by atoms with Gasteiger partial charge in [0.05, 0.1) is 5.69 Å². The van der Waals surface area contributed by atoms with E-state index in [4.69, 9.17) is 4.52 Å². The molecule has 1 fully saturated rings. The predicted octanol–water partition coefficient (Wildman–Crippen LogP) is 3.74. The van der Waals surface area contributed by atoms with Crippen LogP contribution in [0, 0.1) is 5.92 Å².